The van der Waals surface area contributed by atoms with E-state index in [-0.39, 0.29) is 12.5 Å². The quantitative estimate of drug-likeness (QED) is 0.635. The van der Waals surface area contributed by atoms with Crippen molar-refractivity contribution in [2.45, 2.75) is 25.3 Å². The molecule has 0 saturated heterocycles. The highest BCUT2D eigenvalue weighted by Gasteiger charge is 2.50. The van der Waals surface area contributed by atoms with Gasteiger partial charge in [0, 0.05) is 6.61 Å². The summed E-state index contributed by atoms with van der Waals surface area (Å²) in [7, 11) is 1.69. The van der Waals surface area contributed by atoms with Crippen molar-refractivity contribution in [1.82, 2.24) is 5.32 Å². The molecule has 1 aliphatic rings. The number of nitrogens with one attached hydrogen (secondary N) is 1. The Labute approximate surface area is 78.3 Å². The topological polar surface area (TPSA) is 58.6 Å². The lowest BCUT2D eigenvalue weighted by Crippen LogP contribution is -2.56. The molecule has 1 unspecified atom stereocenters. The van der Waals surface area contributed by atoms with Gasteiger partial charge in [0.1, 0.15) is 5.54 Å². The van der Waals surface area contributed by atoms with E-state index in [2.05, 4.69) is 5.32 Å². The minimum Gasteiger partial charge on any atom is -0.480 e. The highest BCUT2D eigenvalue weighted by Crippen LogP contribution is 2.39. The van der Waals surface area contributed by atoms with Crippen LogP contribution in [0.4, 0.5) is 0 Å². The van der Waals surface area contributed by atoms with E-state index in [1.807, 2.05) is 6.92 Å². The molecule has 0 radical (unpaired) electrons. The smallest absolute Gasteiger partial charge is 0.326 e. The maximum absolute atomic E-state index is 11.1. The average molecular weight is 187 g/mol. The predicted octanol–water partition coefficient (Wildman–Crippen LogP) is 0.476. The Kier molecular flexibility index (Phi) is 3.27. The summed E-state index contributed by atoms with van der Waals surface area (Å²) in [5.74, 6) is -0.563. The number of carboxylic acid groups (broad SMARTS) is 1. The number of aliphatic carboxylic acids is 1. The maximum Gasteiger partial charge on any atom is 0.326 e. The van der Waals surface area contributed by atoms with Crippen LogP contribution in [0.1, 0.15) is 19.8 Å². The van der Waals surface area contributed by atoms with Crippen molar-refractivity contribution < 1.29 is 14.6 Å². The first-order chi connectivity index (χ1) is 6.17. The molecule has 76 valence electrons. The van der Waals surface area contributed by atoms with Crippen molar-refractivity contribution in [3.05, 3.63) is 0 Å². The molecule has 0 spiro atoms. The molecule has 0 heterocycles. The molecular weight excluding hydrogens is 170 g/mol. The summed E-state index contributed by atoms with van der Waals surface area (Å²) in [5.41, 5.74) is -0.851. The van der Waals surface area contributed by atoms with Gasteiger partial charge in [0.05, 0.1) is 6.61 Å². The largest absolute Gasteiger partial charge is 0.480 e. The van der Waals surface area contributed by atoms with Gasteiger partial charge in [-0.25, -0.2) is 0 Å². The Morgan fingerprint density at radius 1 is 1.69 bits per heavy atom. The van der Waals surface area contributed by atoms with E-state index >= 15 is 0 Å². The normalized spacial score (nSPS) is 21.1. The lowest BCUT2D eigenvalue weighted by molar-refractivity contribution is -0.148. The van der Waals surface area contributed by atoms with Crippen LogP contribution < -0.4 is 5.32 Å². The minimum absolute atomic E-state index is 0.238. The standard InChI is InChI=1S/C9H17NO3/c1-3-13-6-9(10-2,8(11)12)7-4-5-7/h7,10H,3-6H2,1-2H3,(H,11,12). The lowest BCUT2D eigenvalue weighted by atomic mass is 9.95. The van der Waals surface area contributed by atoms with E-state index in [0.717, 1.165) is 12.8 Å². The second kappa shape index (κ2) is 4.07. The average Bonchev–Trinajstić information content (AvgIpc) is 2.90. The lowest BCUT2D eigenvalue weighted by Gasteiger charge is -2.28. The molecule has 1 fully saturated rings. The van der Waals surface area contributed by atoms with E-state index in [0.29, 0.717) is 6.61 Å². The summed E-state index contributed by atoms with van der Waals surface area (Å²) >= 11 is 0. The Morgan fingerprint density at radius 2 is 2.31 bits per heavy atom. The second-order valence-electron chi connectivity index (χ2n) is 3.44. The number of likely N-dealkylation sites (N-methyl/N-ethyl adjacent to an activating group) is 1. The predicted molar refractivity (Wildman–Crippen MR) is 48.6 cm³/mol. The number of rotatable bonds is 6. The Hall–Kier alpha value is -0.610. The number of ether oxygens (including phenoxy) is 1. The molecule has 1 atom stereocenters. The van der Waals surface area contributed by atoms with Gasteiger partial charge in [-0.15, -0.1) is 0 Å². The van der Waals surface area contributed by atoms with Crippen molar-refractivity contribution >= 4 is 5.97 Å². The van der Waals surface area contributed by atoms with Gasteiger partial charge in [0.25, 0.3) is 0 Å². The molecule has 13 heavy (non-hydrogen) atoms. The molecule has 1 saturated carbocycles. The zero-order valence-electron chi connectivity index (χ0n) is 8.17. The number of hydrogen-bond donors (Lipinski definition) is 2. The Morgan fingerprint density at radius 3 is 2.62 bits per heavy atom. The van der Waals surface area contributed by atoms with Crippen molar-refractivity contribution in [2.75, 3.05) is 20.3 Å². The summed E-state index contributed by atoms with van der Waals surface area (Å²) in [6.45, 7) is 2.69. The van der Waals surface area contributed by atoms with Crippen LogP contribution in [-0.2, 0) is 9.53 Å². The third-order valence-corrected chi connectivity index (χ3v) is 2.64. The summed E-state index contributed by atoms with van der Waals surface area (Å²) in [4.78, 5) is 11.1. The van der Waals surface area contributed by atoms with Crippen molar-refractivity contribution in [1.29, 1.82) is 0 Å². The van der Waals surface area contributed by atoms with Crippen LogP contribution in [0.3, 0.4) is 0 Å². The molecule has 0 aromatic rings. The molecule has 0 aromatic carbocycles. The van der Waals surface area contributed by atoms with Gasteiger partial charge in [-0.1, -0.05) is 0 Å². The van der Waals surface area contributed by atoms with Gasteiger partial charge in [-0.05, 0) is 32.7 Å². The molecule has 1 aliphatic carbocycles. The Balaban J connectivity index is 2.64. The SMILES string of the molecule is CCOCC(NC)(C(=O)O)C1CC1. The van der Waals surface area contributed by atoms with E-state index < -0.39 is 11.5 Å². The van der Waals surface area contributed by atoms with Gasteiger partial charge in [0.15, 0.2) is 0 Å². The third kappa shape index (κ3) is 2.00. The minimum atomic E-state index is -0.851. The monoisotopic (exact) mass is 187 g/mol. The van der Waals surface area contributed by atoms with E-state index in [1.165, 1.54) is 0 Å². The van der Waals surface area contributed by atoms with Gasteiger partial charge in [-0.3, -0.25) is 4.79 Å². The van der Waals surface area contributed by atoms with Crippen molar-refractivity contribution in [3.63, 3.8) is 0 Å². The molecule has 2 N–H and O–H groups in total. The van der Waals surface area contributed by atoms with Gasteiger partial charge in [0.2, 0.25) is 0 Å². The second-order valence-corrected chi connectivity index (χ2v) is 3.44. The molecule has 0 aliphatic heterocycles. The van der Waals surface area contributed by atoms with Crippen molar-refractivity contribution in [2.24, 2.45) is 5.92 Å². The first kappa shape index (κ1) is 10.5. The fourth-order valence-corrected chi connectivity index (χ4v) is 1.58. The van der Waals surface area contributed by atoms with Crippen LogP contribution in [0.25, 0.3) is 0 Å². The summed E-state index contributed by atoms with van der Waals surface area (Å²) < 4.78 is 5.21. The third-order valence-electron chi connectivity index (χ3n) is 2.64. The summed E-state index contributed by atoms with van der Waals surface area (Å²) in [6.07, 6.45) is 1.97. The van der Waals surface area contributed by atoms with Crippen LogP contribution in [0.15, 0.2) is 0 Å². The van der Waals surface area contributed by atoms with Crippen molar-refractivity contribution in [3.8, 4) is 0 Å². The van der Waals surface area contributed by atoms with Crippen LogP contribution in [0, 0.1) is 5.92 Å². The number of carbonyl (C=O) groups is 1. The number of carboxylic acids is 1. The fourth-order valence-electron chi connectivity index (χ4n) is 1.58. The summed E-state index contributed by atoms with van der Waals surface area (Å²) in [6, 6.07) is 0. The Bertz CT molecular complexity index is 191. The molecule has 0 aromatic heterocycles. The summed E-state index contributed by atoms with van der Waals surface area (Å²) in [5, 5.41) is 12.0. The molecular formula is C9H17NO3. The zero-order valence-corrected chi connectivity index (χ0v) is 8.17. The molecule has 0 amide bonds. The molecule has 4 heteroatoms. The molecule has 4 nitrogen and oxygen atoms in total. The molecule has 1 rings (SSSR count). The first-order valence-corrected chi connectivity index (χ1v) is 4.67. The fraction of sp³-hybridized carbons (Fsp3) is 0.889. The maximum atomic E-state index is 11.1. The zero-order chi connectivity index (χ0) is 9.90. The van der Waals surface area contributed by atoms with Crippen LogP contribution in [0.5, 0.6) is 0 Å². The van der Waals surface area contributed by atoms with E-state index in [1.54, 1.807) is 7.05 Å². The first-order valence-electron chi connectivity index (χ1n) is 4.67. The van der Waals surface area contributed by atoms with E-state index in [4.69, 9.17) is 9.84 Å². The van der Waals surface area contributed by atoms with E-state index in [9.17, 15) is 4.79 Å². The highest BCUT2D eigenvalue weighted by atomic mass is 16.5. The van der Waals surface area contributed by atoms with Crippen LogP contribution in [-0.4, -0.2) is 36.9 Å². The molecule has 0 bridgehead atoms. The van der Waals surface area contributed by atoms with Crippen LogP contribution in [0.2, 0.25) is 0 Å². The highest BCUT2D eigenvalue weighted by molar-refractivity contribution is 5.80. The van der Waals surface area contributed by atoms with Crippen LogP contribution >= 0.6 is 0 Å². The van der Waals surface area contributed by atoms with Gasteiger partial charge >= 0.3 is 5.97 Å². The van der Waals surface area contributed by atoms with Gasteiger partial charge < -0.3 is 15.2 Å². The van der Waals surface area contributed by atoms with Gasteiger partial charge in [-0.2, -0.15) is 0 Å². The number of hydrogen-bond acceptors (Lipinski definition) is 3.